The minimum absolute atomic E-state index is 0.0498. The molecule has 28 heavy (non-hydrogen) atoms. The number of fused-ring (bicyclic) bond motifs is 1. The van der Waals surface area contributed by atoms with Crippen LogP contribution in [0.4, 0.5) is 8.78 Å². The van der Waals surface area contributed by atoms with E-state index in [9.17, 15) is 13.9 Å². The van der Waals surface area contributed by atoms with E-state index in [0.717, 1.165) is 10.7 Å². The Bertz CT molecular complexity index is 882. The Morgan fingerprint density at radius 2 is 2.11 bits per heavy atom. The normalized spacial score (nSPS) is 13.1. The first-order chi connectivity index (χ1) is 13.5. The van der Waals surface area contributed by atoms with Crippen LogP contribution in [0.1, 0.15) is 24.3 Å². The van der Waals surface area contributed by atoms with Crippen LogP contribution < -0.4 is 15.4 Å². The largest absolute Gasteiger partial charge is 0.435 e. The molecule has 0 bridgehead atoms. The molecule has 1 aromatic carbocycles. The summed E-state index contributed by atoms with van der Waals surface area (Å²) in [4.78, 5) is 9.87. The van der Waals surface area contributed by atoms with Crippen LogP contribution in [-0.4, -0.2) is 40.2 Å². The van der Waals surface area contributed by atoms with Crippen LogP contribution in [0.2, 0.25) is 0 Å². The Morgan fingerprint density at radius 1 is 1.32 bits per heavy atom. The van der Waals surface area contributed by atoms with E-state index in [1.807, 2.05) is 29.1 Å². The molecule has 3 aromatic rings. The number of imidazole rings is 1. The number of ether oxygens (including phenoxy) is 1. The number of rotatable bonds is 8. The third kappa shape index (κ3) is 5.40. The van der Waals surface area contributed by atoms with Crippen molar-refractivity contribution in [3.05, 3.63) is 53.3 Å². The highest BCUT2D eigenvalue weighted by atomic mass is 32.1. The van der Waals surface area contributed by atoms with Gasteiger partial charge in [-0.3, -0.25) is 4.40 Å². The van der Waals surface area contributed by atoms with Crippen molar-refractivity contribution in [2.45, 2.75) is 26.2 Å². The average molecular weight is 409 g/mol. The first kappa shape index (κ1) is 20.0. The molecule has 150 valence electrons. The molecule has 0 fully saturated rings. The number of aliphatic hydroxyl groups is 1. The van der Waals surface area contributed by atoms with E-state index < -0.39 is 12.7 Å². The van der Waals surface area contributed by atoms with E-state index in [1.54, 1.807) is 23.5 Å². The maximum atomic E-state index is 12.2. The van der Waals surface area contributed by atoms with Crippen LogP contribution >= 0.6 is 11.3 Å². The molecule has 0 radical (unpaired) electrons. The molecule has 0 aliphatic rings. The third-order valence-corrected chi connectivity index (χ3v) is 4.61. The van der Waals surface area contributed by atoms with Gasteiger partial charge in [0.05, 0.1) is 18.3 Å². The molecule has 7 nitrogen and oxygen atoms in total. The van der Waals surface area contributed by atoms with Crippen molar-refractivity contribution in [2.75, 3.05) is 13.1 Å². The molecule has 0 spiro atoms. The number of nitrogens with zero attached hydrogens (tertiary/aromatic N) is 3. The summed E-state index contributed by atoms with van der Waals surface area (Å²) in [6.45, 7) is 0.350. The minimum atomic E-state index is -2.87. The van der Waals surface area contributed by atoms with Crippen molar-refractivity contribution in [3.8, 4) is 5.75 Å². The summed E-state index contributed by atoms with van der Waals surface area (Å²) in [5.41, 5.74) is 1.43. The maximum absolute atomic E-state index is 12.2. The summed E-state index contributed by atoms with van der Waals surface area (Å²) in [5.74, 6) is 0.601. The Balaban J connectivity index is 1.56. The molecule has 0 aliphatic heterocycles. The predicted molar refractivity (Wildman–Crippen MR) is 104 cm³/mol. The lowest BCUT2D eigenvalue weighted by Crippen LogP contribution is -2.39. The fourth-order valence-corrected chi connectivity index (χ4v) is 3.26. The molecule has 1 unspecified atom stereocenters. The lowest BCUT2D eigenvalue weighted by molar-refractivity contribution is -0.0498. The van der Waals surface area contributed by atoms with Gasteiger partial charge in [0.2, 0.25) is 0 Å². The highest BCUT2D eigenvalue weighted by Gasteiger charge is 2.10. The van der Waals surface area contributed by atoms with Crippen molar-refractivity contribution in [1.82, 2.24) is 20.0 Å². The quantitative estimate of drug-likeness (QED) is 0.394. The van der Waals surface area contributed by atoms with Crippen LogP contribution in [0.25, 0.3) is 4.96 Å². The van der Waals surface area contributed by atoms with Gasteiger partial charge in [0, 0.05) is 30.9 Å². The highest BCUT2D eigenvalue weighted by molar-refractivity contribution is 7.15. The van der Waals surface area contributed by atoms with Gasteiger partial charge in [-0.1, -0.05) is 12.1 Å². The molecule has 2 aromatic heterocycles. The first-order valence-electron chi connectivity index (χ1n) is 8.71. The Labute approximate surface area is 164 Å². The fraction of sp³-hybridized carbons (Fsp3) is 0.333. The van der Waals surface area contributed by atoms with E-state index in [4.69, 9.17) is 0 Å². The average Bonchev–Trinajstić information content (AvgIpc) is 3.25. The molecular formula is C18H21F2N5O2S. The monoisotopic (exact) mass is 409 g/mol. The number of hydrogen-bond acceptors (Lipinski definition) is 5. The van der Waals surface area contributed by atoms with Crippen LogP contribution in [-0.2, 0) is 6.54 Å². The number of aliphatic hydroxyl groups excluding tert-OH is 1. The van der Waals surface area contributed by atoms with E-state index in [-0.39, 0.29) is 12.3 Å². The van der Waals surface area contributed by atoms with Gasteiger partial charge in [-0.15, -0.1) is 11.3 Å². The van der Waals surface area contributed by atoms with E-state index in [2.05, 4.69) is 25.3 Å². The number of halogens is 2. The zero-order valence-electron chi connectivity index (χ0n) is 15.2. The number of alkyl halides is 2. The highest BCUT2D eigenvalue weighted by Crippen LogP contribution is 2.19. The number of benzene rings is 1. The zero-order chi connectivity index (χ0) is 19.9. The number of guanidine groups is 1. The Morgan fingerprint density at radius 3 is 2.79 bits per heavy atom. The number of aromatic nitrogens is 2. The SMILES string of the molecule is CCNC(=NCc1cn2ccsc2n1)NCC(O)c1ccc(OC(F)F)cc1. The second kappa shape index (κ2) is 9.47. The summed E-state index contributed by atoms with van der Waals surface area (Å²) in [7, 11) is 0. The van der Waals surface area contributed by atoms with Crippen LogP contribution in [0.5, 0.6) is 5.75 Å². The standard InChI is InChI=1S/C18H21F2N5O2S/c1-2-21-17(22-9-13-11-25-7-8-28-18(25)24-13)23-10-15(26)12-3-5-14(6-4-12)27-16(19)20/h3-8,11,15-16,26H,2,9-10H2,1H3,(H2,21,22,23). The van der Waals surface area contributed by atoms with Gasteiger partial charge in [0.25, 0.3) is 0 Å². The lowest BCUT2D eigenvalue weighted by atomic mass is 10.1. The molecule has 2 heterocycles. The number of nitrogens with one attached hydrogen (secondary N) is 2. The summed E-state index contributed by atoms with van der Waals surface area (Å²) in [6.07, 6.45) is 3.04. The molecule has 1 atom stereocenters. The molecule has 3 rings (SSSR count). The number of hydrogen-bond donors (Lipinski definition) is 3. The second-order valence-electron chi connectivity index (χ2n) is 5.86. The van der Waals surface area contributed by atoms with Crippen LogP contribution in [0.3, 0.4) is 0 Å². The third-order valence-electron chi connectivity index (χ3n) is 3.84. The first-order valence-corrected chi connectivity index (χ1v) is 9.59. The zero-order valence-corrected chi connectivity index (χ0v) is 16.0. The van der Waals surface area contributed by atoms with Gasteiger partial charge in [-0.25, -0.2) is 9.98 Å². The van der Waals surface area contributed by atoms with E-state index in [1.165, 1.54) is 12.1 Å². The lowest BCUT2D eigenvalue weighted by Gasteiger charge is -2.16. The molecule has 0 saturated heterocycles. The van der Waals surface area contributed by atoms with Crippen LogP contribution in [0, 0.1) is 0 Å². The van der Waals surface area contributed by atoms with E-state index >= 15 is 0 Å². The van der Waals surface area contributed by atoms with Gasteiger partial charge >= 0.3 is 6.61 Å². The number of thiazole rings is 1. The van der Waals surface area contributed by atoms with Crippen molar-refractivity contribution < 1.29 is 18.6 Å². The minimum Gasteiger partial charge on any atom is -0.435 e. The molecular weight excluding hydrogens is 388 g/mol. The van der Waals surface area contributed by atoms with Crippen molar-refractivity contribution in [2.24, 2.45) is 4.99 Å². The summed E-state index contributed by atoms with van der Waals surface area (Å²) in [6, 6.07) is 5.89. The van der Waals surface area contributed by atoms with Crippen molar-refractivity contribution >= 4 is 22.3 Å². The molecule has 0 aliphatic carbocycles. The van der Waals surface area contributed by atoms with Crippen LogP contribution in [0.15, 0.2) is 47.0 Å². The summed E-state index contributed by atoms with van der Waals surface area (Å²) in [5, 5.41) is 18.5. The van der Waals surface area contributed by atoms with Crippen molar-refractivity contribution in [1.29, 1.82) is 0 Å². The second-order valence-corrected chi connectivity index (χ2v) is 6.74. The molecule has 3 N–H and O–H groups in total. The van der Waals surface area contributed by atoms with Gasteiger partial charge < -0.3 is 20.5 Å². The van der Waals surface area contributed by atoms with Crippen molar-refractivity contribution in [3.63, 3.8) is 0 Å². The maximum Gasteiger partial charge on any atom is 0.387 e. The Hall–Kier alpha value is -2.72. The Kier molecular flexibility index (Phi) is 6.77. The molecule has 0 amide bonds. The topological polar surface area (TPSA) is 83.2 Å². The van der Waals surface area contributed by atoms with Gasteiger partial charge in [-0.05, 0) is 24.6 Å². The smallest absolute Gasteiger partial charge is 0.387 e. The van der Waals surface area contributed by atoms with Gasteiger partial charge in [0.1, 0.15) is 5.75 Å². The molecule has 10 heteroatoms. The summed E-state index contributed by atoms with van der Waals surface area (Å²) >= 11 is 1.56. The molecule has 0 saturated carbocycles. The summed E-state index contributed by atoms with van der Waals surface area (Å²) < 4.78 is 30.6. The van der Waals surface area contributed by atoms with E-state index in [0.29, 0.717) is 24.6 Å². The fourth-order valence-electron chi connectivity index (χ4n) is 2.54. The van der Waals surface area contributed by atoms with Gasteiger partial charge in [0.15, 0.2) is 10.9 Å². The number of aliphatic imine (C=N–C) groups is 1. The van der Waals surface area contributed by atoms with Gasteiger partial charge in [-0.2, -0.15) is 8.78 Å². The predicted octanol–water partition coefficient (Wildman–Crippen LogP) is 2.79.